The Morgan fingerprint density at radius 2 is 1.87 bits per heavy atom. The van der Waals surface area contributed by atoms with Crippen molar-refractivity contribution in [2.45, 2.75) is 6.61 Å². The number of fused-ring (bicyclic) bond motifs is 2. The maximum atomic E-state index is 12.8. The molecular weight excluding hydrogens is 398 g/mol. The maximum Gasteiger partial charge on any atom is 0.231 e. The van der Waals surface area contributed by atoms with Crippen molar-refractivity contribution in [3.05, 3.63) is 100 Å². The number of Topliss-reactive ketones (excluding diaryl/α,β-unsaturated/α-hetero) is 1. The van der Waals surface area contributed by atoms with Gasteiger partial charge in [0.1, 0.15) is 18.1 Å². The number of carbonyl (C=O) groups excluding carboxylic acids is 1. The third kappa shape index (κ3) is 3.25. The zero-order chi connectivity index (χ0) is 20.7. The minimum absolute atomic E-state index is 0.129. The highest BCUT2D eigenvalue weighted by Gasteiger charge is 2.28. The molecule has 0 saturated carbocycles. The van der Waals surface area contributed by atoms with Crippen LogP contribution in [0, 0.1) is 0 Å². The molecule has 5 heteroatoms. The first-order chi connectivity index (χ1) is 14.6. The third-order valence-corrected chi connectivity index (χ3v) is 5.58. The second-order valence-electron chi connectivity index (χ2n) is 7.19. The number of halogens is 1. The number of nitrogens with zero attached hydrogens (tertiary/aromatic N) is 1. The van der Waals surface area contributed by atoms with Crippen LogP contribution in [-0.2, 0) is 13.7 Å². The van der Waals surface area contributed by atoms with Gasteiger partial charge in [-0.1, -0.05) is 48.0 Å². The number of ketones is 1. The quantitative estimate of drug-likeness (QED) is 0.382. The molecule has 4 nitrogen and oxygen atoms in total. The predicted molar refractivity (Wildman–Crippen MR) is 118 cm³/mol. The molecule has 0 unspecified atom stereocenters. The van der Waals surface area contributed by atoms with E-state index >= 15 is 0 Å². The average molecular weight is 416 g/mol. The lowest BCUT2D eigenvalue weighted by molar-refractivity contribution is 0.101. The van der Waals surface area contributed by atoms with Gasteiger partial charge in [0.05, 0.1) is 5.56 Å². The van der Waals surface area contributed by atoms with Crippen molar-refractivity contribution in [2.24, 2.45) is 7.05 Å². The van der Waals surface area contributed by atoms with Crippen LogP contribution in [0.25, 0.3) is 17.0 Å². The highest BCUT2D eigenvalue weighted by Crippen LogP contribution is 2.36. The van der Waals surface area contributed by atoms with Crippen molar-refractivity contribution in [1.29, 1.82) is 0 Å². The maximum absolute atomic E-state index is 12.8. The summed E-state index contributed by atoms with van der Waals surface area (Å²) in [5.41, 5.74) is 3.47. The normalized spacial score (nSPS) is 14.2. The number of para-hydroxylation sites is 1. The lowest BCUT2D eigenvalue weighted by Crippen LogP contribution is -1.98. The number of benzene rings is 3. The minimum Gasteiger partial charge on any atom is -0.489 e. The number of aryl methyl sites for hydroxylation is 1. The fourth-order valence-corrected chi connectivity index (χ4v) is 3.85. The molecule has 3 aromatic carbocycles. The molecule has 1 aliphatic rings. The van der Waals surface area contributed by atoms with E-state index < -0.39 is 0 Å². The van der Waals surface area contributed by atoms with E-state index in [1.165, 1.54) is 0 Å². The molecule has 0 radical (unpaired) electrons. The number of hydrogen-bond donors (Lipinski definition) is 0. The van der Waals surface area contributed by atoms with E-state index in [0.29, 0.717) is 34.5 Å². The van der Waals surface area contributed by atoms with E-state index in [1.807, 2.05) is 66.3 Å². The molecule has 5 rings (SSSR count). The minimum atomic E-state index is -0.129. The van der Waals surface area contributed by atoms with Crippen molar-refractivity contribution < 1.29 is 14.3 Å². The molecule has 0 fully saturated rings. The van der Waals surface area contributed by atoms with E-state index in [9.17, 15) is 4.79 Å². The Balaban J connectivity index is 1.40. The van der Waals surface area contributed by atoms with Gasteiger partial charge >= 0.3 is 0 Å². The van der Waals surface area contributed by atoms with Gasteiger partial charge in [-0.15, -0.1) is 0 Å². The summed E-state index contributed by atoms with van der Waals surface area (Å²) in [7, 11) is 1.99. The van der Waals surface area contributed by atoms with E-state index in [0.717, 1.165) is 22.0 Å². The first-order valence-corrected chi connectivity index (χ1v) is 9.96. The number of carbonyl (C=O) groups is 1. The molecule has 0 amide bonds. The Hall–Kier alpha value is -3.50. The summed E-state index contributed by atoms with van der Waals surface area (Å²) < 4.78 is 13.8. The number of aromatic nitrogens is 1. The van der Waals surface area contributed by atoms with Crippen LogP contribution in [0.4, 0.5) is 0 Å². The largest absolute Gasteiger partial charge is 0.489 e. The Labute approximate surface area is 178 Å². The summed E-state index contributed by atoms with van der Waals surface area (Å²) in [6.45, 7) is 0.338. The SMILES string of the molecule is Cn1cc(/C=C2\Oc3cc(OCc4ccccc4Cl)ccc3C2=O)c2ccccc21. The second kappa shape index (κ2) is 7.39. The zero-order valence-corrected chi connectivity index (χ0v) is 17.0. The second-order valence-corrected chi connectivity index (χ2v) is 7.60. The molecule has 0 bridgehead atoms. The van der Waals surface area contributed by atoms with Gasteiger partial charge in [0, 0.05) is 46.4 Å². The fraction of sp³-hybridized carbons (Fsp3) is 0.0800. The summed E-state index contributed by atoms with van der Waals surface area (Å²) in [5.74, 6) is 1.30. The van der Waals surface area contributed by atoms with Crippen LogP contribution in [0.1, 0.15) is 21.5 Å². The van der Waals surface area contributed by atoms with Crippen LogP contribution in [0.5, 0.6) is 11.5 Å². The van der Waals surface area contributed by atoms with Gasteiger partial charge in [-0.2, -0.15) is 0 Å². The molecule has 30 heavy (non-hydrogen) atoms. The van der Waals surface area contributed by atoms with Crippen molar-refractivity contribution in [2.75, 3.05) is 0 Å². The van der Waals surface area contributed by atoms with E-state index in [4.69, 9.17) is 21.1 Å². The van der Waals surface area contributed by atoms with Crippen LogP contribution < -0.4 is 9.47 Å². The van der Waals surface area contributed by atoms with Crippen LogP contribution >= 0.6 is 11.6 Å². The first-order valence-electron chi connectivity index (χ1n) is 9.59. The van der Waals surface area contributed by atoms with Crippen LogP contribution in [0.15, 0.2) is 78.7 Å². The summed E-state index contributed by atoms with van der Waals surface area (Å²) in [6.07, 6.45) is 3.80. The summed E-state index contributed by atoms with van der Waals surface area (Å²) in [6, 6.07) is 20.9. The Morgan fingerprint density at radius 1 is 1.07 bits per heavy atom. The lowest BCUT2D eigenvalue weighted by atomic mass is 10.1. The number of ether oxygens (including phenoxy) is 2. The molecule has 0 saturated heterocycles. The summed E-state index contributed by atoms with van der Waals surface area (Å²) in [5, 5.41) is 1.73. The van der Waals surface area contributed by atoms with Gasteiger partial charge in [-0.05, 0) is 30.3 Å². The van der Waals surface area contributed by atoms with Gasteiger partial charge in [0.15, 0.2) is 5.76 Å². The molecular formula is C25H18ClNO3. The average Bonchev–Trinajstić information content (AvgIpc) is 3.24. The van der Waals surface area contributed by atoms with Gasteiger partial charge in [0.2, 0.25) is 5.78 Å². The molecule has 0 aliphatic carbocycles. The highest BCUT2D eigenvalue weighted by molar-refractivity contribution is 6.31. The topological polar surface area (TPSA) is 40.5 Å². The Bertz CT molecular complexity index is 1320. The standard InChI is InChI=1S/C25H18ClNO3/c1-27-14-17(19-7-3-5-9-22(19)27)12-24-25(28)20-11-10-18(13-23(20)30-24)29-15-16-6-2-4-8-21(16)26/h2-14H,15H2,1H3/b24-12-. The summed E-state index contributed by atoms with van der Waals surface area (Å²) in [4.78, 5) is 12.8. The van der Waals surface area contributed by atoms with Crippen molar-refractivity contribution >= 4 is 34.4 Å². The molecule has 0 spiro atoms. The Morgan fingerprint density at radius 3 is 2.73 bits per heavy atom. The van der Waals surface area contributed by atoms with Gasteiger partial charge in [-0.3, -0.25) is 4.79 Å². The van der Waals surface area contributed by atoms with Gasteiger partial charge in [-0.25, -0.2) is 0 Å². The molecule has 148 valence electrons. The van der Waals surface area contributed by atoms with E-state index in [2.05, 4.69) is 0 Å². The van der Waals surface area contributed by atoms with Crippen molar-refractivity contribution in [3.8, 4) is 11.5 Å². The number of rotatable bonds is 4. The fourth-order valence-electron chi connectivity index (χ4n) is 3.66. The van der Waals surface area contributed by atoms with Crippen LogP contribution in [0.3, 0.4) is 0 Å². The molecule has 4 aromatic rings. The Kier molecular flexibility index (Phi) is 4.57. The molecule has 2 heterocycles. The van der Waals surface area contributed by atoms with Gasteiger partial charge in [0.25, 0.3) is 0 Å². The number of allylic oxidation sites excluding steroid dienone is 1. The van der Waals surface area contributed by atoms with Crippen LogP contribution in [-0.4, -0.2) is 10.4 Å². The van der Waals surface area contributed by atoms with E-state index in [-0.39, 0.29) is 5.78 Å². The smallest absolute Gasteiger partial charge is 0.231 e. The molecule has 1 aliphatic heterocycles. The predicted octanol–water partition coefficient (Wildman–Crippen LogP) is 6.03. The molecule has 0 N–H and O–H groups in total. The van der Waals surface area contributed by atoms with Crippen molar-refractivity contribution in [1.82, 2.24) is 4.57 Å². The summed E-state index contributed by atoms with van der Waals surface area (Å²) >= 11 is 6.18. The first kappa shape index (κ1) is 18.5. The van der Waals surface area contributed by atoms with Crippen molar-refractivity contribution in [3.63, 3.8) is 0 Å². The zero-order valence-electron chi connectivity index (χ0n) is 16.3. The van der Waals surface area contributed by atoms with E-state index in [1.54, 1.807) is 24.3 Å². The number of hydrogen-bond acceptors (Lipinski definition) is 3. The lowest BCUT2D eigenvalue weighted by Gasteiger charge is -2.08. The monoisotopic (exact) mass is 415 g/mol. The highest BCUT2D eigenvalue weighted by atomic mass is 35.5. The van der Waals surface area contributed by atoms with Crippen LogP contribution in [0.2, 0.25) is 5.02 Å². The third-order valence-electron chi connectivity index (χ3n) is 5.21. The van der Waals surface area contributed by atoms with Gasteiger partial charge < -0.3 is 14.0 Å². The molecule has 0 atom stereocenters. The molecule has 1 aromatic heterocycles.